The van der Waals surface area contributed by atoms with Crippen LogP contribution in [0.2, 0.25) is 0 Å². The zero-order chi connectivity index (χ0) is 23.5. The summed E-state index contributed by atoms with van der Waals surface area (Å²) in [6.07, 6.45) is 1.95. The lowest BCUT2D eigenvalue weighted by Gasteiger charge is -2.41. The van der Waals surface area contributed by atoms with Crippen LogP contribution in [-0.4, -0.2) is 41.5 Å². The molecule has 3 N–H and O–H groups in total. The fourth-order valence-electron chi connectivity index (χ4n) is 4.92. The minimum atomic E-state index is -1.79. The second-order valence-corrected chi connectivity index (χ2v) is 9.40. The van der Waals surface area contributed by atoms with Gasteiger partial charge in [-0.2, -0.15) is 10.4 Å². The van der Waals surface area contributed by atoms with Crippen molar-refractivity contribution >= 4 is 28.0 Å². The quantitative estimate of drug-likeness (QED) is 0.425. The number of carboxylic acids is 1. The Morgan fingerprint density at radius 1 is 1.36 bits per heavy atom. The molecule has 3 aromatic heterocycles. The van der Waals surface area contributed by atoms with E-state index in [9.17, 15) is 24.7 Å². The lowest BCUT2D eigenvalue weighted by Crippen LogP contribution is -2.49. The van der Waals surface area contributed by atoms with Gasteiger partial charge in [-0.05, 0) is 49.1 Å². The molecule has 1 aliphatic carbocycles. The monoisotopic (exact) mass is 447 g/mol. The van der Waals surface area contributed by atoms with Crippen molar-refractivity contribution in [2.45, 2.75) is 50.0 Å². The van der Waals surface area contributed by atoms with Gasteiger partial charge in [-0.25, -0.2) is 14.2 Å². The first-order valence-corrected chi connectivity index (χ1v) is 10.6. The van der Waals surface area contributed by atoms with Crippen LogP contribution < -0.4 is 0 Å². The topological polar surface area (TPSA) is 128 Å². The number of aromatic nitrogens is 4. The second kappa shape index (κ2) is 7.12. The highest BCUT2D eigenvalue weighted by atomic mass is 19.1. The number of H-pyrrole nitrogens is 1. The van der Waals surface area contributed by atoms with Gasteiger partial charge in [0.25, 0.3) is 0 Å². The van der Waals surface area contributed by atoms with Gasteiger partial charge in [-0.3, -0.25) is 5.10 Å². The van der Waals surface area contributed by atoms with Crippen LogP contribution in [0.4, 0.5) is 4.39 Å². The third kappa shape index (κ3) is 3.17. The highest BCUT2D eigenvalue weighted by Gasteiger charge is 2.52. The highest BCUT2D eigenvalue weighted by molar-refractivity contribution is 5.94. The van der Waals surface area contributed by atoms with Crippen molar-refractivity contribution in [3.63, 3.8) is 0 Å². The first-order valence-electron chi connectivity index (χ1n) is 10.6. The summed E-state index contributed by atoms with van der Waals surface area (Å²) < 4.78 is 15.7. The number of hydrogen-bond donors (Lipinski definition) is 3. The fourth-order valence-corrected chi connectivity index (χ4v) is 4.92. The van der Waals surface area contributed by atoms with Gasteiger partial charge >= 0.3 is 5.97 Å². The van der Waals surface area contributed by atoms with Gasteiger partial charge in [0.2, 0.25) is 0 Å². The van der Waals surface area contributed by atoms with Crippen LogP contribution in [0.1, 0.15) is 50.3 Å². The smallest absolute Gasteiger partial charge is 0.335 e. The fraction of sp³-hybridized carbons (Fsp3) is 0.333. The van der Waals surface area contributed by atoms with Crippen LogP contribution in [0.5, 0.6) is 0 Å². The Morgan fingerprint density at radius 3 is 2.70 bits per heavy atom. The van der Waals surface area contributed by atoms with Gasteiger partial charge in [-0.1, -0.05) is 13.8 Å². The summed E-state index contributed by atoms with van der Waals surface area (Å²) in [5.74, 6) is -1.88. The molecule has 168 valence electrons. The van der Waals surface area contributed by atoms with E-state index in [1.54, 1.807) is 18.3 Å². The van der Waals surface area contributed by atoms with Crippen LogP contribution in [0, 0.1) is 17.1 Å². The van der Waals surface area contributed by atoms with Crippen molar-refractivity contribution in [2.24, 2.45) is 0 Å². The number of aliphatic hydroxyl groups is 1. The molecular formula is C24H22FN5O3. The molecular weight excluding hydrogens is 425 g/mol. The number of halogens is 1. The Hall–Kier alpha value is -3.77. The predicted octanol–water partition coefficient (Wildman–Crippen LogP) is 3.93. The maximum atomic E-state index is 13.7. The van der Waals surface area contributed by atoms with E-state index in [4.69, 9.17) is 4.98 Å². The Morgan fingerprint density at radius 2 is 2.06 bits per heavy atom. The molecule has 1 aliphatic rings. The Kier molecular flexibility index (Phi) is 4.55. The lowest BCUT2D eigenvalue weighted by molar-refractivity contribution is -0.169. The summed E-state index contributed by atoms with van der Waals surface area (Å²) in [6, 6.07) is 10.3. The van der Waals surface area contributed by atoms with Gasteiger partial charge in [0.05, 0.1) is 23.3 Å². The van der Waals surface area contributed by atoms with E-state index in [1.165, 1.54) is 12.1 Å². The molecule has 1 saturated carbocycles. The largest absolute Gasteiger partial charge is 0.479 e. The summed E-state index contributed by atoms with van der Waals surface area (Å²) in [5.41, 5.74) is 1.86. The van der Waals surface area contributed by atoms with Crippen molar-refractivity contribution in [1.29, 1.82) is 5.26 Å². The zero-order valence-electron chi connectivity index (χ0n) is 18.1. The molecule has 0 unspecified atom stereocenters. The maximum absolute atomic E-state index is 13.7. The number of nitrogens with one attached hydrogen (secondary N) is 1. The zero-order valence-corrected chi connectivity index (χ0v) is 18.1. The van der Waals surface area contributed by atoms with Gasteiger partial charge in [0.1, 0.15) is 5.82 Å². The van der Waals surface area contributed by atoms with Crippen LogP contribution in [-0.2, 0) is 10.2 Å². The number of nitriles is 1. The summed E-state index contributed by atoms with van der Waals surface area (Å²) >= 11 is 0. The molecule has 0 atom stereocenters. The third-order valence-corrected chi connectivity index (χ3v) is 6.60. The maximum Gasteiger partial charge on any atom is 0.335 e. The molecule has 9 heteroatoms. The molecule has 3 heterocycles. The van der Waals surface area contributed by atoms with Crippen molar-refractivity contribution < 1.29 is 19.4 Å². The number of aromatic amines is 1. The molecule has 0 aliphatic heterocycles. The number of carbonyl (C=O) groups is 1. The van der Waals surface area contributed by atoms with Gasteiger partial charge < -0.3 is 14.8 Å². The van der Waals surface area contributed by atoms with E-state index in [2.05, 4.69) is 16.3 Å². The molecule has 33 heavy (non-hydrogen) atoms. The standard InChI is InChI=1S/C24H22FN5O3/c1-23(2,7-8-26)20-18(14-10-24(33,11-14)22(31)32)19-17(9-13-12-27-29-21(13)28-19)30(20)16-5-3-15(25)4-6-16/h3-6,9,12,14,33H,7,10-11H2,1-2H3,(H,31,32)(H,27,28,29). The van der Waals surface area contributed by atoms with Gasteiger partial charge in [-0.15, -0.1) is 0 Å². The van der Waals surface area contributed by atoms with Crippen molar-refractivity contribution in [2.75, 3.05) is 0 Å². The highest BCUT2D eigenvalue weighted by Crippen LogP contribution is 2.51. The molecule has 0 radical (unpaired) electrons. The second-order valence-electron chi connectivity index (χ2n) is 9.40. The summed E-state index contributed by atoms with van der Waals surface area (Å²) in [4.78, 5) is 16.4. The average Bonchev–Trinajstić information content (AvgIpc) is 3.32. The molecule has 0 bridgehead atoms. The van der Waals surface area contributed by atoms with Crippen LogP contribution in [0.3, 0.4) is 0 Å². The van der Waals surface area contributed by atoms with Crippen LogP contribution in [0.15, 0.2) is 36.5 Å². The Bertz CT molecular complexity index is 1440. The van der Waals surface area contributed by atoms with E-state index < -0.39 is 17.0 Å². The Labute approximate surface area is 188 Å². The molecule has 1 fully saturated rings. The number of hydrogen-bond acceptors (Lipinski definition) is 5. The molecule has 0 spiro atoms. The number of nitrogens with zero attached hydrogens (tertiary/aromatic N) is 4. The molecule has 0 saturated heterocycles. The summed E-state index contributed by atoms with van der Waals surface area (Å²) in [6.45, 7) is 3.90. The van der Waals surface area contributed by atoms with Crippen molar-refractivity contribution in [3.8, 4) is 11.8 Å². The Balaban J connectivity index is 1.86. The third-order valence-electron chi connectivity index (χ3n) is 6.60. The number of pyridine rings is 1. The van der Waals surface area contributed by atoms with Crippen molar-refractivity contribution in [3.05, 3.63) is 53.6 Å². The summed E-state index contributed by atoms with van der Waals surface area (Å²) in [5, 5.41) is 37.2. The predicted molar refractivity (Wildman–Crippen MR) is 118 cm³/mol. The number of aliphatic carboxylic acids is 1. The number of benzene rings is 1. The van der Waals surface area contributed by atoms with Crippen molar-refractivity contribution in [1.82, 2.24) is 19.7 Å². The van der Waals surface area contributed by atoms with E-state index in [0.29, 0.717) is 16.9 Å². The van der Waals surface area contributed by atoms with E-state index in [0.717, 1.165) is 22.2 Å². The minimum Gasteiger partial charge on any atom is -0.479 e. The molecule has 5 rings (SSSR count). The average molecular weight is 447 g/mol. The number of carboxylic acid groups (broad SMARTS) is 1. The first kappa shape index (κ1) is 21.1. The first-order chi connectivity index (χ1) is 15.6. The number of fused-ring (bicyclic) bond motifs is 2. The van der Waals surface area contributed by atoms with Gasteiger partial charge in [0.15, 0.2) is 11.2 Å². The van der Waals surface area contributed by atoms with Gasteiger partial charge in [0, 0.05) is 34.2 Å². The summed E-state index contributed by atoms with van der Waals surface area (Å²) in [7, 11) is 0. The van der Waals surface area contributed by atoms with Crippen LogP contribution in [0.25, 0.3) is 27.8 Å². The SMILES string of the molecule is CC(C)(CC#N)c1c(C2CC(O)(C(=O)O)C2)c2nc3[nH]ncc3cc2n1-c1ccc(F)cc1. The van der Waals surface area contributed by atoms with E-state index in [1.807, 2.05) is 24.5 Å². The molecule has 1 aromatic carbocycles. The molecule has 8 nitrogen and oxygen atoms in total. The normalized spacial score (nSPS) is 20.6. The van der Waals surface area contributed by atoms with E-state index >= 15 is 0 Å². The lowest BCUT2D eigenvalue weighted by atomic mass is 9.66. The minimum absolute atomic E-state index is 0.0448. The molecule has 4 aromatic rings. The van der Waals surface area contributed by atoms with E-state index in [-0.39, 0.29) is 31.0 Å². The van der Waals surface area contributed by atoms with Crippen LogP contribution >= 0.6 is 0 Å². The number of rotatable bonds is 5. The molecule has 0 amide bonds.